The molecule has 0 N–H and O–H groups in total. The fraction of sp³-hybridized carbons (Fsp3) is 0.200. The molecule has 0 spiro atoms. The van der Waals surface area contributed by atoms with E-state index in [1.54, 1.807) is 11.1 Å². The first-order valence-electron chi connectivity index (χ1n) is 15.1. The van der Waals surface area contributed by atoms with Gasteiger partial charge in [0.15, 0.2) is 0 Å². The van der Waals surface area contributed by atoms with E-state index in [-0.39, 0.29) is 0 Å². The Kier molecular flexibility index (Phi) is 4.91. The molecule has 0 radical (unpaired) electrons. The monoisotopic (exact) mass is 512 g/mol. The highest BCUT2D eigenvalue weighted by Gasteiger charge is 2.23. The molecule has 0 saturated heterocycles. The highest BCUT2D eigenvalue weighted by Crippen LogP contribution is 2.38. The Hall–Kier alpha value is -4.16. The normalized spacial score (nSPS) is 16.9. The van der Waals surface area contributed by atoms with Crippen LogP contribution in [0.2, 0.25) is 0 Å². The lowest BCUT2D eigenvalue weighted by atomic mass is 9.79. The quantitative estimate of drug-likeness (QED) is 0.209. The summed E-state index contributed by atoms with van der Waals surface area (Å²) >= 11 is 0. The number of hydrogen-bond donors (Lipinski definition) is 0. The van der Waals surface area contributed by atoms with Crippen molar-refractivity contribution in [3.8, 4) is 0 Å². The average molecular weight is 513 g/mol. The Morgan fingerprint density at radius 3 is 2.33 bits per heavy atom. The minimum Gasteiger partial charge on any atom is -0.0836 e. The van der Waals surface area contributed by atoms with Gasteiger partial charge in [0, 0.05) is 0 Å². The molecule has 0 nitrogen and oxygen atoms in total. The van der Waals surface area contributed by atoms with Crippen molar-refractivity contribution in [2.75, 3.05) is 0 Å². The summed E-state index contributed by atoms with van der Waals surface area (Å²) in [5.74, 6) is 0. The molecular weight excluding hydrogens is 480 g/mol. The van der Waals surface area contributed by atoms with Gasteiger partial charge in [-0.1, -0.05) is 97.1 Å². The second-order valence-electron chi connectivity index (χ2n) is 12.1. The number of aryl methyl sites for hydroxylation is 4. The minimum atomic E-state index is 1.12. The van der Waals surface area contributed by atoms with Gasteiger partial charge in [-0.2, -0.15) is 0 Å². The van der Waals surface area contributed by atoms with E-state index < -0.39 is 0 Å². The maximum Gasteiger partial charge on any atom is -0.00670 e. The van der Waals surface area contributed by atoms with Crippen LogP contribution in [0.15, 0.2) is 78.9 Å². The Morgan fingerprint density at radius 2 is 1.35 bits per heavy atom. The van der Waals surface area contributed by atoms with Crippen molar-refractivity contribution >= 4 is 50.9 Å². The smallest absolute Gasteiger partial charge is 0.00670 e. The van der Waals surface area contributed by atoms with Crippen molar-refractivity contribution in [3.05, 3.63) is 134 Å². The predicted molar refractivity (Wildman–Crippen MR) is 171 cm³/mol. The van der Waals surface area contributed by atoms with E-state index in [2.05, 4.69) is 97.1 Å². The Bertz CT molecular complexity index is 2100. The van der Waals surface area contributed by atoms with Gasteiger partial charge in [-0.3, -0.25) is 0 Å². The van der Waals surface area contributed by atoms with Crippen molar-refractivity contribution in [1.82, 2.24) is 0 Å². The minimum absolute atomic E-state index is 1.12. The number of benzene rings is 5. The topological polar surface area (TPSA) is 0 Å². The Morgan fingerprint density at radius 1 is 0.550 bits per heavy atom. The van der Waals surface area contributed by atoms with Crippen LogP contribution < -0.4 is 10.4 Å². The first-order valence-corrected chi connectivity index (χ1v) is 15.1. The van der Waals surface area contributed by atoms with Crippen molar-refractivity contribution in [1.29, 1.82) is 0 Å². The van der Waals surface area contributed by atoms with Crippen LogP contribution in [0, 0.1) is 0 Å². The van der Waals surface area contributed by atoms with Crippen LogP contribution in [0.25, 0.3) is 50.9 Å². The second kappa shape index (κ2) is 8.67. The zero-order chi connectivity index (χ0) is 26.2. The first kappa shape index (κ1) is 22.6. The average Bonchev–Trinajstić information content (AvgIpc) is 3.02. The number of rotatable bonds is 2. The van der Waals surface area contributed by atoms with Gasteiger partial charge in [-0.15, -0.1) is 0 Å². The Labute approximate surface area is 235 Å². The van der Waals surface area contributed by atoms with Gasteiger partial charge >= 0.3 is 0 Å². The van der Waals surface area contributed by atoms with Crippen LogP contribution in [0.1, 0.15) is 70.2 Å². The Balaban J connectivity index is 1.18. The van der Waals surface area contributed by atoms with E-state index >= 15 is 0 Å². The van der Waals surface area contributed by atoms with E-state index in [4.69, 9.17) is 0 Å². The van der Waals surface area contributed by atoms with Crippen molar-refractivity contribution < 1.29 is 0 Å². The van der Waals surface area contributed by atoms with Gasteiger partial charge in [0.2, 0.25) is 0 Å². The molecule has 0 aliphatic heterocycles. The second-order valence-corrected chi connectivity index (χ2v) is 12.1. The molecule has 4 aliphatic rings. The fourth-order valence-corrected chi connectivity index (χ4v) is 8.11. The van der Waals surface area contributed by atoms with Gasteiger partial charge in [-0.05, 0) is 139 Å². The van der Waals surface area contributed by atoms with Crippen LogP contribution in [0.4, 0.5) is 0 Å². The molecule has 40 heavy (non-hydrogen) atoms. The van der Waals surface area contributed by atoms with E-state index in [0.717, 1.165) is 44.9 Å². The van der Waals surface area contributed by atoms with E-state index in [1.807, 2.05) is 0 Å². The zero-order valence-corrected chi connectivity index (χ0v) is 22.9. The summed E-state index contributed by atoms with van der Waals surface area (Å²) in [6.45, 7) is 0. The van der Waals surface area contributed by atoms with Gasteiger partial charge in [0.1, 0.15) is 0 Å². The third-order valence-corrected chi connectivity index (χ3v) is 10.0. The summed E-state index contributed by atoms with van der Waals surface area (Å²) in [7, 11) is 0. The molecule has 0 fully saturated rings. The summed E-state index contributed by atoms with van der Waals surface area (Å²) in [5.41, 5.74) is 14.9. The number of fused-ring (bicyclic) bond motifs is 4. The molecule has 5 aromatic carbocycles. The largest absolute Gasteiger partial charge is 0.0836 e. The van der Waals surface area contributed by atoms with Gasteiger partial charge in [0.05, 0.1) is 0 Å². The lowest BCUT2D eigenvalue weighted by Gasteiger charge is -2.25. The van der Waals surface area contributed by atoms with Gasteiger partial charge < -0.3 is 0 Å². The molecule has 0 bridgehead atoms. The van der Waals surface area contributed by atoms with E-state index in [0.29, 0.717) is 0 Å². The molecule has 192 valence electrons. The molecule has 4 aliphatic carbocycles. The highest BCUT2D eigenvalue weighted by molar-refractivity contribution is 6.12. The SMILES string of the molecule is C1=Cc2ccc(C3=Cc4ccc(C5=c6cccc7c6c(c6c8c(cccc87)=CCC6)CC5)cc4CC3)cc2CC1. The summed E-state index contributed by atoms with van der Waals surface area (Å²) in [4.78, 5) is 0. The van der Waals surface area contributed by atoms with Crippen molar-refractivity contribution in [2.45, 2.75) is 51.4 Å². The summed E-state index contributed by atoms with van der Waals surface area (Å²) in [6.07, 6.45) is 18.6. The third-order valence-electron chi connectivity index (χ3n) is 10.0. The lowest BCUT2D eigenvalue weighted by molar-refractivity contribution is 0.944. The highest BCUT2D eigenvalue weighted by atomic mass is 14.3. The molecule has 0 unspecified atom stereocenters. The molecule has 0 heteroatoms. The van der Waals surface area contributed by atoms with Gasteiger partial charge in [0.25, 0.3) is 0 Å². The number of allylic oxidation sites excluding steroid dienone is 2. The maximum absolute atomic E-state index is 2.51. The van der Waals surface area contributed by atoms with Crippen LogP contribution in [0.3, 0.4) is 0 Å². The molecule has 9 rings (SSSR count). The van der Waals surface area contributed by atoms with Crippen molar-refractivity contribution in [2.24, 2.45) is 0 Å². The summed E-state index contributed by atoms with van der Waals surface area (Å²) in [6, 6.07) is 28.3. The summed E-state index contributed by atoms with van der Waals surface area (Å²) < 4.78 is 0. The predicted octanol–water partition coefficient (Wildman–Crippen LogP) is 8.31. The standard InChI is InChI=1S/C40H32/c1-2-7-27-22-28(15-14-25(27)6-1)29-16-17-31-24-32(19-18-30(31)23-29)33-20-21-38-36-11-4-9-26-8-3-10-35(39(26)36)37-13-5-12-34(33)40(37)38/h1,3,5-6,8-10,12-15,18-19,22-24H,2,4,7,11,16-17,20-21H2. The van der Waals surface area contributed by atoms with Crippen molar-refractivity contribution in [3.63, 3.8) is 0 Å². The molecule has 5 aromatic rings. The number of hydrogen-bond acceptors (Lipinski definition) is 0. The van der Waals surface area contributed by atoms with E-state index in [1.165, 1.54) is 82.9 Å². The molecule has 0 aromatic heterocycles. The van der Waals surface area contributed by atoms with Crippen LogP contribution in [-0.2, 0) is 25.7 Å². The lowest BCUT2D eigenvalue weighted by Crippen LogP contribution is -2.20. The maximum atomic E-state index is 2.51. The van der Waals surface area contributed by atoms with Gasteiger partial charge in [-0.25, -0.2) is 0 Å². The molecule has 0 saturated carbocycles. The van der Waals surface area contributed by atoms with Crippen LogP contribution in [0.5, 0.6) is 0 Å². The van der Waals surface area contributed by atoms with Crippen LogP contribution in [-0.4, -0.2) is 0 Å². The van der Waals surface area contributed by atoms with Crippen LogP contribution >= 0.6 is 0 Å². The molecule has 0 heterocycles. The summed E-state index contributed by atoms with van der Waals surface area (Å²) in [5, 5.41) is 8.81. The van der Waals surface area contributed by atoms with E-state index in [9.17, 15) is 0 Å². The molecule has 0 amide bonds. The zero-order valence-electron chi connectivity index (χ0n) is 22.9. The third kappa shape index (κ3) is 3.32. The molecular formula is C40H32. The molecule has 0 atom stereocenters. The fourth-order valence-electron chi connectivity index (χ4n) is 8.11. The first-order chi connectivity index (χ1) is 19.8.